The van der Waals surface area contributed by atoms with E-state index in [4.69, 9.17) is 0 Å². The Balaban J connectivity index is 0.00000294. The first kappa shape index (κ1) is 36.9. The first-order valence-corrected chi connectivity index (χ1v) is 17.9. The molecule has 0 bridgehead atoms. The topological polar surface area (TPSA) is 0 Å². The Kier molecular flexibility index (Phi) is 12.4. The third-order valence-electron chi connectivity index (χ3n) is 14.7. The van der Waals surface area contributed by atoms with Crippen molar-refractivity contribution in [2.24, 2.45) is 69.0 Å². The summed E-state index contributed by atoms with van der Waals surface area (Å²) in [4.78, 5) is 0. The first-order chi connectivity index (χ1) is 18.2. The minimum atomic E-state index is 0. The molecule has 3 saturated carbocycles. The fraction of sp³-hybridized carbons (Fsp3) is 0.951. The van der Waals surface area contributed by atoms with E-state index in [9.17, 15) is 0 Å². The molecule has 4 aliphatic carbocycles. The van der Waals surface area contributed by atoms with Crippen LogP contribution in [0.25, 0.3) is 0 Å². The van der Waals surface area contributed by atoms with Gasteiger partial charge in [-0.3, -0.25) is 0 Å². The van der Waals surface area contributed by atoms with Crippen molar-refractivity contribution in [3.63, 3.8) is 0 Å². The Morgan fingerprint density at radius 3 is 2.12 bits per heavy atom. The van der Waals surface area contributed by atoms with E-state index in [1.165, 1.54) is 89.9 Å². The van der Waals surface area contributed by atoms with Gasteiger partial charge in [-0.25, -0.2) is 0 Å². The molecule has 41 heavy (non-hydrogen) atoms. The molecule has 4 rings (SSSR count). The maximum Gasteiger partial charge on any atom is -0.0116 e. The SMILES string of the molecule is C.C.CCC(C)CC(CC)CC(CCCC1CCC2C3CC=C4C(CCC(C)C4(C)C)C3(C)CCC12C)C(C)(C)C. The number of allylic oxidation sites excluding steroid dienone is 2. The van der Waals surface area contributed by atoms with Crippen molar-refractivity contribution in [2.45, 2.75) is 181 Å². The molecule has 0 nitrogen and oxygen atoms in total. The largest absolute Gasteiger partial charge is 0.0842 e. The summed E-state index contributed by atoms with van der Waals surface area (Å²) in [5.41, 5.74) is 3.88. The summed E-state index contributed by atoms with van der Waals surface area (Å²) in [6, 6.07) is 0. The van der Waals surface area contributed by atoms with Crippen LogP contribution in [0, 0.1) is 69.0 Å². The van der Waals surface area contributed by atoms with Crippen LogP contribution < -0.4 is 0 Å². The molecular weight excluding hydrogens is 492 g/mol. The van der Waals surface area contributed by atoms with Crippen LogP contribution in [0.4, 0.5) is 0 Å². The third kappa shape index (κ3) is 7.03. The Bertz CT molecular complexity index is 839. The molecular formula is C41H78. The molecule has 0 N–H and O–H groups in total. The highest BCUT2D eigenvalue weighted by Gasteiger charge is 2.61. The summed E-state index contributed by atoms with van der Waals surface area (Å²) in [5, 5.41) is 0. The number of fused-ring (bicyclic) bond motifs is 5. The van der Waals surface area contributed by atoms with E-state index in [-0.39, 0.29) is 14.9 Å². The van der Waals surface area contributed by atoms with E-state index in [0.717, 1.165) is 47.3 Å². The lowest BCUT2D eigenvalue weighted by molar-refractivity contribution is -0.0830. The summed E-state index contributed by atoms with van der Waals surface area (Å²) in [6.07, 6.45) is 23.1. The van der Waals surface area contributed by atoms with E-state index in [1.54, 1.807) is 0 Å². The smallest absolute Gasteiger partial charge is 0.0116 e. The summed E-state index contributed by atoms with van der Waals surface area (Å²) in [5.74, 6) is 7.27. The minimum Gasteiger partial charge on any atom is -0.0842 e. The lowest BCUT2D eigenvalue weighted by Crippen LogP contribution is -2.54. The van der Waals surface area contributed by atoms with Gasteiger partial charge in [-0.15, -0.1) is 0 Å². The van der Waals surface area contributed by atoms with Gasteiger partial charge in [-0.05, 0) is 140 Å². The quantitative estimate of drug-likeness (QED) is 0.229. The van der Waals surface area contributed by atoms with Crippen molar-refractivity contribution >= 4 is 0 Å². The zero-order chi connectivity index (χ0) is 28.8. The average molecular weight is 571 g/mol. The van der Waals surface area contributed by atoms with Crippen LogP contribution in [-0.2, 0) is 0 Å². The first-order valence-electron chi connectivity index (χ1n) is 17.9. The van der Waals surface area contributed by atoms with Gasteiger partial charge in [0.1, 0.15) is 0 Å². The Hall–Kier alpha value is -0.260. The molecule has 10 unspecified atom stereocenters. The molecule has 0 aromatic rings. The number of hydrogen-bond acceptors (Lipinski definition) is 0. The Morgan fingerprint density at radius 2 is 1.51 bits per heavy atom. The van der Waals surface area contributed by atoms with Gasteiger partial charge in [-0.2, -0.15) is 0 Å². The normalized spacial score (nSPS) is 38.2. The van der Waals surface area contributed by atoms with Gasteiger partial charge in [-0.1, -0.05) is 122 Å². The molecule has 0 heteroatoms. The average Bonchev–Trinajstić information content (AvgIpc) is 3.20. The minimum absolute atomic E-state index is 0. The summed E-state index contributed by atoms with van der Waals surface area (Å²) >= 11 is 0. The van der Waals surface area contributed by atoms with E-state index < -0.39 is 0 Å². The number of hydrogen-bond donors (Lipinski definition) is 0. The van der Waals surface area contributed by atoms with Crippen LogP contribution in [0.2, 0.25) is 0 Å². The summed E-state index contributed by atoms with van der Waals surface area (Å²) < 4.78 is 0. The molecule has 0 heterocycles. The maximum absolute atomic E-state index is 2.79. The van der Waals surface area contributed by atoms with Crippen LogP contribution >= 0.6 is 0 Å². The fourth-order valence-corrected chi connectivity index (χ4v) is 11.0. The molecule has 10 atom stereocenters. The van der Waals surface area contributed by atoms with E-state index >= 15 is 0 Å². The van der Waals surface area contributed by atoms with E-state index in [2.05, 4.69) is 82.2 Å². The lowest BCUT2D eigenvalue weighted by Gasteiger charge is -2.62. The van der Waals surface area contributed by atoms with Crippen molar-refractivity contribution in [2.75, 3.05) is 0 Å². The second-order valence-corrected chi connectivity index (χ2v) is 17.9. The summed E-state index contributed by atoms with van der Waals surface area (Å²) in [6.45, 7) is 28.0. The molecule has 4 aliphatic rings. The lowest BCUT2D eigenvalue weighted by atomic mass is 9.43. The van der Waals surface area contributed by atoms with Crippen molar-refractivity contribution in [1.82, 2.24) is 0 Å². The molecule has 0 spiro atoms. The van der Waals surface area contributed by atoms with Crippen LogP contribution in [-0.4, -0.2) is 0 Å². The van der Waals surface area contributed by atoms with E-state index in [0.29, 0.717) is 21.7 Å². The van der Waals surface area contributed by atoms with E-state index in [1.807, 2.05) is 5.57 Å². The molecule has 242 valence electrons. The maximum atomic E-state index is 2.79. The van der Waals surface area contributed by atoms with Gasteiger partial charge in [0.25, 0.3) is 0 Å². The second kappa shape index (κ2) is 13.8. The zero-order valence-electron chi connectivity index (χ0n) is 28.6. The molecule has 3 fully saturated rings. The van der Waals surface area contributed by atoms with Gasteiger partial charge in [0.05, 0.1) is 0 Å². The third-order valence-corrected chi connectivity index (χ3v) is 14.7. The van der Waals surface area contributed by atoms with Gasteiger partial charge in [0.15, 0.2) is 0 Å². The highest BCUT2D eigenvalue weighted by Crippen LogP contribution is 2.70. The van der Waals surface area contributed by atoms with Gasteiger partial charge >= 0.3 is 0 Å². The fourth-order valence-electron chi connectivity index (χ4n) is 11.0. The highest BCUT2D eigenvalue weighted by molar-refractivity contribution is 5.28. The second-order valence-electron chi connectivity index (χ2n) is 17.9. The number of rotatable bonds is 10. The van der Waals surface area contributed by atoms with Crippen LogP contribution in [0.5, 0.6) is 0 Å². The standard InChI is InChI=1S/C39H70.2CH4/c1-12-27(3)25-29(13-2)26-31(36(5,6)7)16-14-15-30-18-20-34-35-22-21-32-33(19-17-28(4)37(32,8)9)39(35,11)24-23-38(30,34)10;;/h21,27-31,33-35H,12-20,22-26H2,1-11H3;2*1H4. The van der Waals surface area contributed by atoms with Gasteiger partial charge in [0, 0.05) is 0 Å². The van der Waals surface area contributed by atoms with Crippen molar-refractivity contribution < 1.29 is 0 Å². The van der Waals surface area contributed by atoms with Crippen molar-refractivity contribution in [3.05, 3.63) is 11.6 Å². The van der Waals surface area contributed by atoms with Crippen LogP contribution in [0.15, 0.2) is 11.6 Å². The summed E-state index contributed by atoms with van der Waals surface area (Å²) in [7, 11) is 0. The molecule has 0 amide bonds. The predicted molar refractivity (Wildman–Crippen MR) is 186 cm³/mol. The highest BCUT2D eigenvalue weighted by atomic mass is 14.7. The van der Waals surface area contributed by atoms with Gasteiger partial charge < -0.3 is 0 Å². The molecule has 0 radical (unpaired) electrons. The Labute approximate surface area is 261 Å². The van der Waals surface area contributed by atoms with Crippen LogP contribution in [0.3, 0.4) is 0 Å². The Morgan fingerprint density at radius 1 is 0.854 bits per heavy atom. The molecule has 0 aromatic heterocycles. The molecule has 0 saturated heterocycles. The molecule has 0 aliphatic heterocycles. The van der Waals surface area contributed by atoms with Gasteiger partial charge in [0.2, 0.25) is 0 Å². The zero-order valence-corrected chi connectivity index (χ0v) is 28.6. The van der Waals surface area contributed by atoms with Crippen molar-refractivity contribution in [1.29, 1.82) is 0 Å². The van der Waals surface area contributed by atoms with Crippen molar-refractivity contribution in [3.8, 4) is 0 Å². The molecule has 0 aromatic carbocycles. The monoisotopic (exact) mass is 571 g/mol. The predicted octanol–water partition coefficient (Wildman–Crippen LogP) is 13.8. The van der Waals surface area contributed by atoms with Crippen LogP contribution in [0.1, 0.15) is 181 Å².